The fourth-order valence-corrected chi connectivity index (χ4v) is 2.21. The van der Waals surface area contributed by atoms with Gasteiger partial charge in [-0.05, 0) is 24.4 Å². The van der Waals surface area contributed by atoms with E-state index in [1.807, 2.05) is 10.6 Å². The van der Waals surface area contributed by atoms with Gasteiger partial charge in [-0.25, -0.2) is 19.9 Å². The summed E-state index contributed by atoms with van der Waals surface area (Å²) in [6.07, 6.45) is 6.81. The number of hydrogen-bond acceptors (Lipinski definition) is 4. The topological polar surface area (TPSA) is 118 Å². The minimum absolute atomic E-state index is 0. The molecule has 108 valence electrons. The van der Waals surface area contributed by atoms with Gasteiger partial charge in [0.2, 0.25) is 12.7 Å². The average Bonchev–Trinajstić information content (AvgIpc) is 3.08. The van der Waals surface area contributed by atoms with Crippen LogP contribution in [0.1, 0.15) is 0 Å². The Balaban J connectivity index is 0.000000147. The number of aliphatic imine (C=N–C) groups is 2. The predicted molar refractivity (Wildman–Crippen MR) is 75.8 cm³/mol. The molecule has 0 saturated heterocycles. The van der Waals surface area contributed by atoms with Crippen molar-refractivity contribution in [1.29, 1.82) is 0 Å². The number of nitrogens with two attached hydrogens (primary N) is 2. The van der Waals surface area contributed by atoms with Gasteiger partial charge in [0.25, 0.3) is 32.3 Å². The summed E-state index contributed by atoms with van der Waals surface area (Å²) in [7, 11) is 0. The van der Waals surface area contributed by atoms with Crippen LogP contribution in [0.15, 0.2) is 22.6 Å². The maximum atomic E-state index is 4.99. The number of quaternary nitrogens is 2. The van der Waals surface area contributed by atoms with E-state index in [1.54, 1.807) is 25.3 Å². The second-order valence-corrected chi connectivity index (χ2v) is 4.76. The molecule has 21 heavy (non-hydrogen) atoms. The maximum Gasteiger partial charge on any atom is 2.00 e. The molecule has 0 aliphatic carbocycles. The number of nitrogens with zero attached hydrogens (tertiary/aromatic N) is 2. The van der Waals surface area contributed by atoms with Gasteiger partial charge in [0.15, 0.2) is 12.7 Å². The third-order valence-corrected chi connectivity index (χ3v) is 3.39. The van der Waals surface area contributed by atoms with E-state index in [9.17, 15) is 0 Å². The van der Waals surface area contributed by atoms with Crippen molar-refractivity contribution in [1.82, 2.24) is 9.97 Å². The van der Waals surface area contributed by atoms with Crippen LogP contribution in [-0.2, 0) is 21.1 Å². The minimum Gasteiger partial charge on any atom is -0.262 e. The molecule has 0 fully saturated rings. The number of aromatic nitrogens is 4. The van der Waals surface area contributed by atoms with Gasteiger partial charge in [-0.3, -0.25) is 10.6 Å². The Morgan fingerprint density at radius 3 is 1.67 bits per heavy atom. The number of hydrogen-bond donors (Lipinski definition) is 4. The Morgan fingerprint density at radius 2 is 1.29 bits per heavy atom. The van der Waals surface area contributed by atoms with E-state index in [1.165, 1.54) is 0 Å². The van der Waals surface area contributed by atoms with E-state index in [2.05, 4.69) is 29.9 Å². The molecule has 8 N–H and O–H groups in total. The van der Waals surface area contributed by atoms with Crippen LogP contribution in [0.2, 0.25) is 0 Å². The van der Waals surface area contributed by atoms with Gasteiger partial charge < -0.3 is 0 Å². The van der Waals surface area contributed by atoms with Gasteiger partial charge in [-0.15, -0.1) is 0 Å². The van der Waals surface area contributed by atoms with E-state index in [0.717, 1.165) is 32.3 Å². The molecule has 0 bridgehead atoms. The summed E-state index contributed by atoms with van der Waals surface area (Å²) in [4.78, 5) is 19.7. The zero-order chi connectivity index (χ0) is 13.9. The molecule has 0 spiro atoms. The van der Waals surface area contributed by atoms with E-state index < -0.39 is 0 Å². The van der Waals surface area contributed by atoms with Crippen LogP contribution in [0.5, 0.6) is 0 Å². The molecule has 11 heteroatoms. The van der Waals surface area contributed by atoms with Crippen LogP contribution < -0.4 is 20.6 Å². The maximum absolute atomic E-state index is 4.99. The van der Waals surface area contributed by atoms with Crippen LogP contribution in [-0.4, -0.2) is 22.6 Å². The molecule has 8 nitrogen and oxygen atoms in total. The first-order valence-electron chi connectivity index (χ1n) is 5.77. The first kappa shape index (κ1) is 15.9. The van der Waals surface area contributed by atoms with Gasteiger partial charge >= 0.3 is 21.1 Å². The van der Waals surface area contributed by atoms with Crippen molar-refractivity contribution in [3.63, 3.8) is 0 Å². The summed E-state index contributed by atoms with van der Waals surface area (Å²) < 4.78 is 1.46. The Bertz CT molecular complexity index is 755. The third-order valence-electron chi connectivity index (χ3n) is 2.71. The molecule has 0 aromatic carbocycles. The van der Waals surface area contributed by atoms with Crippen molar-refractivity contribution in [2.75, 3.05) is 0 Å². The smallest absolute Gasteiger partial charge is 0.262 e. The molecule has 4 rings (SSSR count). The van der Waals surface area contributed by atoms with E-state index in [4.69, 9.17) is 24.4 Å². The minimum atomic E-state index is 0. The van der Waals surface area contributed by atoms with Crippen molar-refractivity contribution < 1.29 is 41.7 Å². The number of aromatic amines is 4. The standard InChI is InChI=1S/2C5H4N4S.Pt/c2*10-5-3-4(7-1-6-3)8-2-9-5;/h2*1-2H,(H2,6,7,8,9,10);/q;;+2/p+4. The monoisotopic (exact) mass is 503 g/mol. The molecule has 4 heterocycles. The molecule has 2 aromatic rings. The van der Waals surface area contributed by atoms with Crippen molar-refractivity contribution >= 4 is 60.1 Å². The molecule has 2 aliphatic heterocycles. The predicted octanol–water partition coefficient (Wildman–Crippen LogP) is -1.15. The first-order valence-corrected chi connectivity index (χ1v) is 6.59. The molecule has 2 aliphatic rings. The summed E-state index contributed by atoms with van der Waals surface area (Å²) in [5.41, 5.74) is 1.94. The van der Waals surface area contributed by atoms with Crippen LogP contribution in [0.3, 0.4) is 0 Å². The molecule has 0 radical (unpaired) electrons. The van der Waals surface area contributed by atoms with Crippen LogP contribution >= 0.6 is 24.4 Å². The van der Waals surface area contributed by atoms with Crippen molar-refractivity contribution in [2.24, 2.45) is 9.98 Å². The quantitative estimate of drug-likeness (QED) is 0.340. The third kappa shape index (κ3) is 3.42. The summed E-state index contributed by atoms with van der Waals surface area (Å²) in [5, 5.41) is 3.76. The summed E-state index contributed by atoms with van der Waals surface area (Å²) in [6, 6.07) is 0. The van der Waals surface area contributed by atoms with Gasteiger partial charge in [0, 0.05) is 0 Å². The van der Waals surface area contributed by atoms with E-state index in [-0.39, 0.29) is 21.1 Å². The molecule has 0 amide bonds. The Hall–Kier alpha value is -1.45. The van der Waals surface area contributed by atoms with Gasteiger partial charge in [0.05, 0.1) is 0 Å². The van der Waals surface area contributed by atoms with Gasteiger partial charge in [0.1, 0.15) is 0 Å². The van der Waals surface area contributed by atoms with Crippen molar-refractivity contribution in [2.45, 2.75) is 0 Å². The van der Waals surface area contributed by atoms with Gasteiger partial charge in [-0.1, -0.05) is 0 Å². The summed E-state index contributed by atoms with van der Waals surface area (Å²) in [6.45, 7) is 0. The SMILES string of the molecule is S=c1[nH+]c[nH]c2c1[NH2+]C=N2.S=c1[nH+]c[nH]c2c1[NH2+]C=N2.[Pt+2]. The number of nitrogens with one attached hydrogen (secondary N) is 4. The van der Waals surface area contributed by atoms with Crippen molar-refractivity contribution in [3.05, 3.63) is 21.9 Å². The molecule has 0 saturated carbocycles. The number of rotatable bonds is 0. The number of fused-ring (bicyclic) bond motifs is 2. The van der Waals surface area contributed by atoms with E-state index in [0.29, 0.717) is 0 Å². The largest absolute Gasteiger partial charge is 2.00 e. The van der Waals surface area contributed by atoms with Gasteiger partial charge in [-0.2, -0.15) is 9.98 Å². The van der Waals surface area contributed by atoms with E-state index >= 15 is 0 Å². The molecular weight excluding hydrogens is 491 g/mol. The molecule has 2 aromatic heterocycles. The fourth-order valence-electron chi connectivity index (χ4n) is 1.76. The number of H-pyrrole nitrogens is 4. The zero-order valence-corrected chi connectivity index (χ0v) is 14.4. The normalized spacial score (nSPS) is 13.0. The van der Waals surface area contributed by atoms with Crippen molar-refractivity contribution in [3.8, 4) is 0 Å². The Labute approximate surface area is 143 Å². The second kappa shape index (κ2) is 7.01. The van der Waals surface area contributed by atoms with Crippen LogP contribution in [0.4, 0.5) is 23.0 Å². The van der Waals surface area contributed by atoms with Crippen LogP contribution in [0, 0.1) is 9.28 Å². The fraction of sp³-hybridized carbons (Fsp3) is 0. The van der Waals surface area contributed by atoms with Crippen LogP contribution in [0.25, 0.3) is 0 Å². The molecular formula is C10H12N8PtS2+6. The Kier molecular flexibility index (Phi) is 5.32. The summed E-state index contributed by atoms with van der Waals surface area (Å²) >= 11 is 9.98. The molecule has 0 atom stereocenters. The molecule has 0 unspecified atom stereocenters. The zero-order valence-electron chi connectivity index (χ0n) is 10.5. The Morgan fingerprint density at radius 1 is 0.857 bits per heavy atom. The average molecular weight is 503 g/mol. The summed E-state index contributed by atoms with van der Waals surface area (Å²) in [5.74, 6) is 1.67. The first-order chi connectivity index (χ1) is 9.75. The second-order valence-electron chi connectivity index (χ2n) is 3.94.